The van der Waals surface area contributed by atoms with E-state index in [1.165, 1.54) is 5.56 Å². The maximum Gasteiger partial charge on any atom is 0.216 e. The fourth-order valence-corrected chi connectivity index (χ4v) is 4.82. The zero-order valence-corrected chi connectivity index (χ0v) is 18.5. The number of hydrogen-bond donors (Lipinski definition) is 0. The monoisotopic (exact) mass is 425 g/mol. The van der Waals surface area contributed by atoms with E-state index in [0.717, 1.165) is 55.1 Å². The summed E-state index contributed by atoms with van der Waals surface area (Å²) in [6, 6.07) is 29.0. The van der Waals surface area contributed by atoms with E-state index in [1.807, 2.05) is 24.3 Å². The predicted octanol–water partition coefficient (Wildman–Crippen LogP) is 7.76. The van der Waals surface area contributed by atoms with Gasteiger partial charge in [0.1, 0.15) is 18.2 Å². The van der Waals surface area contributed by atoms with E-state index in [-0.39, 0.29) is 0 Å². The lowest BCUT2D eigenvalue weighted by Gasteiger charge is -2.06. The number of aryl methyl sites for hydroxylation is 2. The molecule has 0 aliphatic heterocycles. The Hall–Kier alpha value is -4.42. The van der Waals surface area contributed by atoms with Gasteiger partial charge in [0, 0.05) is 28.5 Å². The molecule has 0 bridgehead atoms. The zero-order valence-electron chi connectivity index (χ0n) is 18.5. The molecule has 33 heavy (non-hydrogen) atoms. The number of pyridine rings is 1. The topological polar surface area (TPSA) is 21.4 Å². The van der Waals surface area contributed by atoms with Gasteiger partial charge in [0.2, 0.25) is 5.69 Å². The molecular formula is C30H21N2O+. The van der Waals surface area contributed by atoms with Crippen LogP contribution in [0.5, 0.6) is 0 Å². The number of fused-ring (bicyclic) bond motifs is 4. The van der Waals surface area contributed by atoms with Gasteiger partial charge in [-0.15, -0.1) is 0 Å². The third kappa shape index (κ3) is 2.92. The molecule has 3 heteroatoms. The van der Waals surface area contributed by atoms with E-state index >= 15 is 0 Å². The summed E-state index contributed by atoms with van der Waals surface area (Å²) in [4.78, 5) is 3.66. The van der Waals surface area contributed by atoms with Crippen LogP contribution in [0.2, 0.25) is 0 Å². The summed E-state index contributed by atoms with van der Waals surface area (Å²) < 4.78 is 8.79. The average Bonchev–Trinajstić information content (AvgIpc) is 3.22. The second kappa shape index (κ2) is 7.32. The zero-order chi connectivity index (χ0) is 22.5. The normalized spacial score (nSPS) is 11.3. The molecule has 0 spiro atoms. The summed E-state index contributed by atoms with van der Waals surface area (Å²) in [5.74, 6) is 0. The van der Waals surface area contributed by atoms with Crippen LogP contribution in [0, 0.1) is 13.5 Å². The molecule has 0 N–H and O–H groups in total. The van der Waals surface area contributed by atoms with Gasteiger partial charge in [-0.3, -0.25) is 0 Å². The van der Waals surface area contributed by atoms with Gasteiger partial charge in [-0.25, -0.2) is 9.41 Å². The number of aromatic nitrogens is 1. The van der Waals surface area contributed by atoms with Crippen LogP contribution in [0.25, 0.3) is 59.9 Å². The van der Waals surface area contributed by atoms with Gasteiger partial charge >= 0.3 is 0 Å². The van der Waals surface area contributed by atoms with Gasteiger partial charge in [-0.1, -0.05) is 60.7 Å². The lowest BCUT2D eigenvalue weighted by atomic mass is 9.97. The quantitative estimate of drug-likeness (QED) is 0.205. The van der Waals surface area contributed by atoms with Crippen LogP contribution in [0.15, 0.2) is 95.5 Å². The second-order valence-electron chi connectivity index (χ2n) is 8.44. The highest BCUT2D eigenvalue weighted by atomic mass is 16.3. The van der Waals surface area contributed by atoms with Crippen LogP contribution < -0.4 is 4.57 Å². The highest BCUT2D eigenvalue weighted by molar-refractivity contribution is 6.13. The SMILES string of the molecule is [C-]#[N+]c1cccc2cc(-c3cccc4c3oc3c(-c5cccc[n+]5C)c(C)ccc34)ccc12. The smallest absolute Gasteiger partial charge is 0.216 e. The number of benzene rings is 4. The van der Waals surface area contributed by atoms with Crippen LogP contribution in [0.3, 0.4) is 0 Å². The molecule has 0 saturated carbocycles. The van der Waals surface area contributed by atoms with Crippen molar-refractivity contribution in [2.45, 2.75) is 6.92 Å². The molecule has 0 aliphatic carbocycles. The summed E-state index contributed by atoms with van der Waals surface area (Å²) in [6.45, 7) is 9.58. The first-order valence-electron chi connectivity index (χ1n) is 11.0. The lowest BCUT2D eigenvalue weighted by Crippen LogP contribution is -2.30. The maximum absolute atomic E-state index is 7.44. The Morgan fingerprint density at radius 2 is 1.61 bits per heavy atom. The average molecular weight is 426 g/mol. The molecule has 6 aromatic rings. The first-order chi connectivity index (χ1) is 16.2. The molecule has 0 fully saturated rings. The van der Waals surface area contributed by atoms with Gasteiger partial charge in [0.05, 0.1) is 12.1 Å². The van der Waals surface area contributed by atoms with Crippen LogP contribution in [-0.2, 0) is 7.05 Å². The van der Waals surface area contributed by atoms with Crippen LogP contribution in [0.1, 0.15) is 5.56 Å². The lowest BCUT2D eigenvalue weighted by molar-refractivity contribution is -0.660. The first kappa shape index (κ1) is 19.3. The molecular weight excluding hydrogens is 404 g/mol. The second-order valence-corrected chi connectivity index (χ2v) is 8.44. The van der Waals surface area contributed by atoms with Crippen molar-refractivity contribution in [3.8, 4) is 22.4 Å². The summed E-state index contributed by atoms with van der Waals surface area (Å²) in [5, 5.41) is 4.26. The first-order valence-corrected chi connectivity index (χ1v) is 11.0. The van der Waals surface area contributed by atoms with Crippen molar-refractivity contribution in [1.82, 2.24) is 0 Å². The molecule has 2 aromatic heterocycles. The Morgan fingerprint density at radius 3 is 2.45 bits per heavy atom. The Labute approximate surface area is 192 Å². The summed E-state index contributed by atoms with van der Waals surface area (Å²) in [7, 11) is 2.06. The Bertz CT molecular complexity index is 1750. The minimum Gasteiger partial charge on any atom is -0.454 e. The summed E-state index contributed by atoms with van der Waals surface area (Å²) in [6.07, 6.45) is 2.06. The number of rotatable bonds is 2. The van der Waals surface area contributed by atoms with E-state index in [1.54, 1.807) is 0 Å². The van der Waals surface area contributed by atoms with Crippen molar-refractivity contribution in [3.05, 3.63) is 108 Å². The molecule has 0 atom stereocenters. The van der Waals surface area contributed by atoms with Gasteiger partial charge in [-0.2, -0.15) is 0 Å². The highest BCUT2D eigenvalue weighted by Gasteiger charge is 2.21. The molecule has 0 saturated heterocycles. The Morgan fingerprint density at radius 1 is 0.788 bits per heavy atom. The molecule has 0 radical (unpaired) electrons. The van der Waals surface area contributed by atoms with Crippen molar-refractivity contribution in [3.63, 3.8) is 0 Å². The van der Waals surface area contributed by atoms with Crippen LogP contribution >= 0.6 is 0 Å². The molecule has 3 nitrogen and oxygen atoms in total. The number of nitrogens with zero attached hydrogens (tertiary/aromatic N) is 2. The van der Waals surface area contributed by atoms with Crippen LogP contribution in [0.4, 0.5) is 5.69 Å². The van der Waals surface area contributed by atoms with E-state index < -0.39 is 0 Å². The molecule has 0 aliphatic rings. The van der Waals surface area contributed by atoms with Crippen molar-refractivity contribution < 1.29 is 8.98 Å². The molecule has 2 heterocycles. The third-order valence-corrected chi connectivity index (χ3v) is 6.48. The van der Waals surface area contributed by atoms with Gasteiger partial charge in [0.15, 0.2) is 11.9 Å². The van der Waals surface area contributed by atoms with Crippen LogP contribution in [-0.4, -0.2) is 0 Å². The van der Waals surface area contributed by atoms with E-state index in [2.05, 4.69) is 90.2 Å². The van der Waals surface area contributed by atoms with Gasteiger partial charge < -0.3 is 4.42 Å². The minimum atomic E-state index is 0.678. The van der Waals surface area contributed by atoms with Crippen molar-refractivity contribution >= 4 is 38.4 Å². The number of furan rings is 1. The fraction of sp³-hybridized carbons (Fsp3) is 0.0667. The highest BCUT2D eigenvalue weighted by Crippen LogP contribution is 2.41. The minimum absolute atomic E-state index is 0.678. The predicted molar refractivity (Wildman–Crippen MR) is 134 cm³/mol. The largest absolute Gasteiger partial charge is 0.454 e. The molecule has 156 valence electrons. The number of hydrogen-bond acceptors (Lipinski definition) is 1. The van der Waals surface area contributed by atoms with Crippen molar-refractivity contribution in [2.75, 3.05) is 0 Å². The van der Waals surface area contributed by atoms with E-state index in [4.69, 9.17) is 11.0 Å². The third-order valence-electron chi connectivity index (χ3n) is 6.48. The standard InChI is InChI=1S/C30H21N2O/c1-19-13-15-25-24-10-7-9-23(21-14-16-22-20(18-21)8-6-11-26(22)31-2)29(24)33-30(25)28(19)27-12-4-5-17-32(27)3/h4-18H,1,3H3/q+1. The molecule has 6 rings (SSSR count). The Balaban J connectivity index is 1.65. The Kier molecular flexibility index (Phi) is 4.28. The number of para-hydroxylation sites is 1. The van der Waals surface area contributed by atoms with Gasteiger partial charge in [-0.05, 0) is 41.0 Å². The summed E-state index contributed by atoms with van der Waals surface area (Å²) >= 11 is 0. The van der Waals surface area contributed by atoms with E-state index in [0.29, 0.717) is 5.69 Å². The maximum atomic E-state index is 7.44. The molecule has 0 unspecified atom stereocenters. The van der Waals surface area contributed by atoms with Crippen molar-refractivity contribution in [1.29, 1.82) is 0 Å². The summed E-state index contributed by atoms with van der Waals surface area (Å²) in [5.41, 5.74) is 8.04. The molecule has 4 aromatic carbocycles. The molecule has 0 amide bonds. The van der Waals surface area contributed by atoms with Crippen molar-refractivity contribution in [2.24, 2.45) is 7.05 Å². The fourth-order valence-electron chi connectivity index (χ4n) is 4.82. The van der Waals surface area contributed by atoms with Gasteiger partial charge in [0.25, 0.3) is 0 Å². The van der Waals surface area contributed by atoms with E-state index in [9.17, 15) is 0 Å².